The summed E-state index contributed by atoms with van der Waals surface area (Å²) < 4.78 is 36.6. The van der Waals surface area contributed by atoms with Crippen LogP contribution in [0.3, 0.4) is 0 Å². The molecule has 0 aliphatic heterocycles. The quantitative estimate of drug-likeness (QED) is 0.873. The molecule has 1 saturated carbocycles. The summed E-state index contributed by atoms with van der Waals surface area (Å²) in [6, 6.07) is 2.34. The minimum atomic E-state index is -4.17. The van der Waals surface area contributed by atoms with Crippen molar-refractivity contribution in [2.75, 3.05) is 18.5 Å². The maximum absolute atomic E-state index is 12.2. The smallest absolute Gasteiger partial charge is 0.358 e. The van der Waals surface area contributed by atoms with Crippen LogP contribution in [0.25, 0.3) is 0 Å². The zero-order chi connectivity index (χ0) is 14.8. The Morgan fingerprint density at radius 3 is 2.70 bits per heavy atom. The van der Waals surface area contributed by atoms with Gasteiger partial charge in [-0.05, 0) is 24.5 Å². The third-order valence-electron chi connectivity index (χ3n) is 3.14. The van der Waals surface area contributed by atoms with Gasteiger partial charge < -0.3 is 10.2 Å². The van der Waals surface area contributed by atoms with Gasteiger partial charge in [-0.25, -0.2) is 4.98 Å². The summed E-state index contributed by atoms with van der Waals surface area (Å²) in [6.07, 6.45) is -1.01. The van der Waals surface area contributed by atoms with Crippen LogP contribution in [-0.2, 0) is 6.54 Å². The van der Waals surface area contributed by atoms with E-state index in [2.05, 4.69) is 10.3 Å². The number of nitrogens with zero attached hydrogens (tertiary/aromatic N) is 2. The molecule has 2 rings (SSSR count). The lowest BCUT2D eigenvalue weighted by Crippen LogP contribution is -2.25. The number of hydrogen-bond acceptors (Lipinski definition) is 3. The Balaban J connectivity index is 1.93. The van der Waals surface area contributed by atoms with Gasteiger partial charge in [0.1, 0.15) is 5.82 Å². The number of nitrogens with one attached hydrogen (secondary N) is 1. The Bertz CT molecular complexity index is 461. The van der Waals surface area contributed by atoms with E-state index in [4.69, 9.17) is 11.6 Å². The highest BCUT2D eigenvalue weighted by Gasteiger charge is 2.27. The molecule has 0 unspecified atom stereocenters. The molecule has 0 aromatic carbocycles. The van der Waals surface area contributed by atoms with Crippen molar-refractivity contribution >= 4 is 17.4 Å². The molecule has 1 aliphatic rings. The Kier molecular flexibility index (Phi) is 4.75. The van der Waals surface area contributed by atoms with E-state index < -0.39 is 12.6 Å². The van der Waals surface area contributed by atoms with Crippen LogP contribution in [-0.4, -0.2) is 30.8 Å². The third kappa shape index (κ3) is 4.83. The Morgan fingerprint density at radius 2 is 2.15 bits per heavy atom. The van der Waals surface area contributed by atoms with E-state index in [1.54, 1.807) is 19.3 Å². The molecule has 1 N–H and O–H groups in total. The van der Waals surface area contributed by atoms with Gasteiger partial charge in [0, 0.05) is 32.4 Å². The first-order chi connectivity index (χ1) is 9.35. The zero-order valence-electron chi connectivity index (χ0n) is 11.2. The van der Waals surface area contributed by atoms with Gasteiger partial charge in [0.25, 0.3) is 0 Å². The van der Waals surface area contributed by atoms with Crippen molar-refractivity contribution < 1.29 is 13.2 Å². The fraction of sp³-hybridized carbons (Fsp3) is 0.615. The molecule has 0 radical (unpaired) electrons. The number of halogens is 4. The predicted octanol–water partition coefficient (Wildman–Crippen LogP) is 3.38. The summed E-state index contributed by atoms with van der Waals surface area (Å²) in [6.45, 7) is 0.528. The highest BCUT2D eigenvalue weighted by atomic mass is 35.5. The number of hydrogen-bond donors (Lipinski definition) is 1. The van der Waals surface area contributed by atoms with E-state index in [0.29, 0.717) is 23.4 Å². The Labute approximate surface area is 121 Å². The number of anilines is 1. The average Bonchev–Trinajstić information content (AvgIpc) is 3.17. The molecule has 0 bridgehead atoms. The van der Waals surface area contributed by atoms with Gasteiger partial charge in [-0.3, -0.25) is 0 Å². The van der Waals surface area contributed by atoms with Crippen molar-refractivity contribution in [3.63, 3.8) is 0 Å². The third-order valence-corrected chi connectivity index (χ3v) is 3.42. The van der Waals surface area contributed by atoms with Gasteiger partial charge >= 0.3 is 6.18 Å². The topological polar surface area (TPSA) is 28.2 Å². The van der Waals surface area contributed by atoms with E-state index >= 15 is 0 Å². The molecular formula is C13H17ClF3N3. The summed E-state index contributed by atoms with van der Waals surface area (Å²) in [5.74, 6) is 0.381. The molecule has 1 aromatic heterocycles. The van der Waals surface area contributed by atoms with Gasteiger partial charge in [-0.1, -0.05) is 11.6 Å². The Hall–Kier alpha value is -1.01. The number of aromatic nitrogens is 1. The largest absolute Gasteiger partial charge is 0.390 e. The summed E-state index contributed by atoms with van der Waals surface area (Å²) in [5.41, 5.74) is 0.940. The van der Waals surface area contributed by atoms with Crippen LogP contribution >= 0.6 is 11.6 Å². The van der Waals surface area contributed by atoms with Gasteiger partial charge in [0.2, 0.25) is 0 Å². The summed E-state index contributed by atoms with van der Waals surface area (Å²) in [5, 5.41) is 3.71. The van der Waals surface area contributed by atoms with Crippen molar-refractivity contribution in [2.45, 2.75) is 38.0 Å². The first-order valence-electron chi connectivity index (χ1n) is 6.51. The lowest BCUT2D eigenvalue weighted by atomic mass is 10.2. The van der Waals surface area contributed by atoms with Crippen LogP contribution in [0.15, 0.2) is 12.3 Å². The SMILES string of the molecule is CN(CCC(F)(F)F)c1ncc(CNC2CC2)cc1Cl. The standard InChI is InChI=1S/C13H17ClF3N3/c1-20(5-4-13(15,16)17)12-11(14)6-9(8-19-12)7-18-10-2-3-10/h6,8,10,18H,2-5,7H2,1H3. The van der Waals surface area contributed by atoms with Crippen LogP contribution in [0.5, 0.6) is 0 Å². The van der Waals surface area contributed by atoms with Crippen molar-refractivity contribution in [1.82, 2.24) is 10.3 Å². The molecular weight excluding hydrogens is 291 g/mol. The molecule has 1 aromatic rings. The minimum Gasteiger partial charge on any atom is -0.358 e. The van der Waals surface area contributed by atoms with E-state index in [0.717, 1.165) is 5.56 Å². The molecule has 3 nitrogen and oxygen atoms in total. The fourth-order valence-corrected chi connectivity index (χ4v) is 2.13. The summed E-state index contributed by atoms with van der Waals surface area (Å²) in [4.78, 5) is 5.59. The molecule has 0 amide bonds. The van der Waals surface area contributed by atoms with E-state index in [1.807, 2.05) is 0 Å². The van der Waals surface area contributed by atoms with Crippen LogP contribution < -0.4 is 10.2 Å². The number of pyridine rings is 1. The molecule has 1 heterocycles. The molecule has 20 heavy (non-hydrogen) atoms. The first-order valence-corrected chi connectivity index (χ1v) is 6.88. The molecule has 7 heteroatoms. The first kappa shape index (κ1) is 15.4. The lowest BCUT2D eigenvalue weighted by Gasteiger charge is -2.20. The lowest BCUT2D eigenvalue weighted by molar-refractivity contribution is -0.132. The van der Waals surface area contributed by atoms with Crippen molar-refractivity contribution in [2.24, 2.45) is 0 Å². The zero-order valence-corrected chi connectivity index (χ0v) is 11.9. The average molecular weight is 308 g/mol. The molecule has 0 atom stereocenters. The fourth-order valence-electron chi connectivity index (χ4n) is 1.80. The molecule has 1 fully saturated rings. The molecule has 112 valence electrons. The van der Waals surface area contributed by atoms with Crippen LogP contribution in [0.1, 0.15) is 24.8 Å². The molecule has 0 saturated heterocycles. The van der Waals surface area contributed by atoms with Crippen LogP contribution in [0, 0.1) is 0 Å². The molecule has 1 aliphatic carbocycles. The second kappa shape index (κ2) is 6.18. The second-order valence-corrected chi connectivity index (χ2v) is 5.50. The Morgan fingerprint density at radius 1 is 1.45 bits per heavy atom. The monoisotopic (exact) mass is 307 g/mol. The minimum absolute atomic E-state index is 0.157. The highest BCUT2D eigenvalue weighted by Crippen LogP contribution is 2.26. The normalized spacial score (nSPS) is 15.4. The number of rotatable bonds is 6. The predicted molar refractivity (Wildman–Crippen MR) is 73.1 cm³/mol. The van der Waals surface area contributed by atoms with Crippen molar-refractivity contribution in [3.8, 4) is 0 Å². The van der Waals surface area contributed by atoms with E-state index in [-0.39, 0.29) is 6.54 Å². The molecule has 0 spiro atoms. The van der Waals surface area contributed by atoms with Gasteiger partial charge in [-0.2, -0.15) is 13.2 Å². The maximum Gasteiger partial charge on any atom is 0.390 e. The van der Waals surface area contributed by atoms with Crippen molar-refractivity contribution in [3.05, 3.63) is 22.8 Å². The van der Waals surface area contributed by atoms with Crippen LogP contribution in [0.2, 0.25) is 5.02 Å². The van der Waals surface area contributed by atoms with E-state index in [9.17, 15) is 13.2 Å². The number of alkyl halides is 3. The van der Waals surface area contributed by atoms with Crippen molar-refractivity contribution in [1.29, 1.82) is 0 Å². The second-order valence-electron chi connectivity index (χ2n) is 5.09. The van der Waals surface area contributed by atoms with Crippen LogP contribution in [0.4, 0.5) is 19.0 Å². The van der Waals surface area contributed by atoms with Gasteiger partial charge in [0.05, 0.1) is 11.4 Å². The van der Waals surface area contributed by atoms with Gasteiger partial charge in [-0.15, -0.1) is 0 Å². The van der Waals surface area contributed by atoms with E-state index in [1.165, 1.54) is 17.7 Å². The highest BCUT2D eigenvalue weighted by molar-refractivity contribution is 6.33. The summed E-state index contributed by atoms with van der Waals surface area (Å²) >= 11 is 6.09. The van der Waals surface area contributed by atoms with Gasteiger partial charge in [0.15, 0.2) is 0 Å². The maximum atomic E-state index is 12.2. The summed E-state index contributed by atoms with van der Waals surface area (Å²) in [7, 11) is 1.56.